The second-order valence-electron chi connectivity index (χ2n) is 5.73. The summed E-state index contributed by atoms with van der Waals surface area (Å²) >= 11 is 0. The van der Waals surface area contributed by atoms with Gasteiger partial charge in [0.05, 0.1) is 23.6 Å². The van der Waals surface area contributed by atoms with Gasteiger partial charge in [0, 0.05) is 31.9 Å². The highest BCUT2D eigenvalue weighted by Crippen LogP contribution is 2.23. The van der Waals surface area contributed by atoms with Gasteiger partial charge in [-0.05, 0) is 42.5 Å². The van der Waals surface area contributed by atoms with Crippen LogP contribution in [-0.2, 0) is 10.0 Å². The number of methoxy groups -OCH3 is 1. The Kier molecular flexibility index (Phi) is 4.93. The van der Waals surface area contributed by atoms with E-state index in [1.165, 1.54) is 16.4 Å². The summed E-state index contributed by atoms with van der Waals surface area (Å²) in [6, 6.07) is 15.9. The molecule has 1 aliphatic heterocycles. The molecule has 0 aromatic heterocycles. The second-order valence-corrected chi connectivity index (χ2v) is 7.67. The fraction of sp³-hybridized carbons (Fsp3) is 0.278. The zero-order valence-electron chi connectivity index (χ0n) is 13.9. The quantitative estimate of drug-likeness (QED) is 0.838. The maximum Gasteiger partial charge on any atom is 0.243 e. The van der Waals surface area contributed by atoms with E-state index in [0.717, 1.165) is 11.4 Å². The average molecular weight is 357 g/mol. The molecule has 0 N–H and O–H groups in total. The molecule has 2 aromatic rings. The Morgan fingerprint density at radius 3 is 2.32 bits per heavy atom. The van der Waals surface area contributed by atoms with Gasteiger partial charge in [0.15, 0.2) is 0 Å². The molecule has 1 heterocycles. The molecular weight excluding hydrogens is 338 g/mol. The second kappa shape index (κ2) is 7.13. The lowest BCUT2D eigenvalue weighted by molar-refractivity contribution is 0.384. The maximum absolute atomic E-state index is 12.8. The molecule has 1 aliphatic rings. The highest BCUT2D eigenvalue weighted by atomic mass is 32.2. The van der Waals surface area contributed by atoms with Crippen LogP contribution in [0.4, 0.5) is 5.69 Å². The minimum atomic E-state index is -3.58. The van der Waals surface area contributed by atoms with Crippen LogP contribution in [0.15, 0.2) is 53.4 Å². The summed E-state index contributed by atoms with van der Waals surface area (Å²) in [5.41, 5.74) is 1.39. The van der Waals surface area contributed by atoms with E-state index in [1.54, 1.807) is 19.2 Å². The van der Waals surface area contributed by atoms with Gasteiger partial charge in [-0.2, -0.15) is 9.57 Å². The van der Waals surface area contributed by atoms with Crippen molar-refractivity contribution in [2.24, 2.45) is 0 Å². The molecule has 25 heavy (non-hydrogen) atoms. The van der Waals surface area contributed by atoms with E-state index in [9.17, 15) is 8.42 Å². The molecule has 0 spiro atoms. The number of piperazine rings is 1. The molecule has 0 atom stereocenters. The van der Waals surface area contributed by atoms with Gasteiger partial charge in [0.1, 0.15) is 5.75 Å². The largest absolute Gasteiger partial charge is 0.497 e. The molecule has 3 rings (SSSR count). The van der Waals surface area contributed by atoms with Gasteiger partial charge in [-0.3, -0.25) is 0 Å². The van der Waals surface area contributed by atoms with Crippen molar-refractivity contribution in [2.75, 3.05) is 38.2 Å². The van der Waals surface area contributed by atoms with Crippen molar-refractivity contribution in [3.63, 3.8) is 0 Å². The molecule has 0 amide bonds. The van der Waals surface area contributed by atoms with Crippen molar-refractivity contribution in [2.45, 2.75) is 4.90 Å². The Morgan fingerprint density at radius 1 is 1.04 bits per heavy atom. The monoisotopic (exact) mass is 357 g/mol. The minimum absolute atomic E-state index is 0.171. The van der Waals surface area contributed by atoms with Gasteiger partial charge in [-0.15, -0.1) is 0 Å². The van der Waals surface area contributed by atoms with E-state index >= 15 is 0 Å². The first-order valence-corrected chi connectivity index (χ1v) is 9.38. The SMILES string of the molecule is COc1ccc(N2CCN(S(=O)(=O)c3cccc(C#N)c3)CC2)cc1. The molecule has 0 radical (unpaired) electrons. The van der Waals surface area contributed by atoms with Crippen LogP contribution in [0, 0.1) is 11.3 Å². The van der Waals surface area contributed by atoms with Crippen molar-refractivity contribution in [1.29, 1.82) is 5.26 Å². The van der Waals surface area contributed by atoms with E-state index in [2.05, 4.69) is 4.90 Å². The summed E-state index contributed by atoms with van der Waals surface area (Å²) in [6.45, 7) is 2.04. The lowest BCUT2D eigenvalue weighted by Gasteiger charge is -2.35. The number of hydrogen-bond acceptors (Lipinski definition) is 5. The zero-order valence-corrected chi connectivity index (χ0v) is 14.7. The molecular formula is C18H19N3O3S. The van der Waals surface area contributed by atoms with Crippen LogP contribution in [-0.4, -0.2) is 46.0 Å². The van der Waals surface area contributed by atoms with Crippen LogP contribution in [0.2, 0.25) is 0 Å². The van der Waals surface area contributed by atoms with E-state index in [-0.39, 0.29) is 4.90 Å². The minimum Gasteiger partial charge on any atom is -0.497 e. The summed E-state index contributed by atoms with van der Waals surface area (Å²) < 4.78 is 32.2. The Morgan fingerprint density at radius 2 is 1.72 bits per heavy atom. The summed E-state index contributed by atoms with van der Waals surface area (Å²) in [5.74, 6) is 0.794. The number of nitriles is 1. The van der Waals surface area contributed by atoms with Crippen molar-refractivity contribution >= 4 is 15.7 Å². The first-order chi connectivity index (χ1) is 12.0. The highest BCUT2D eigenvalue weighted by Gasteiger charge is 2.28. The number of benzene rings is 2. The molecule has 2 aromatic carbocycles. The van der Waals surface area contributed by atoms with E-state index in [0.29, 0.717) is 31.7 Å². The van der Waals surface area contributed by atoms with Crippen LogP contribution in [0.3, 0.4) is 0 Å². The molecule has 1 fully saturated rings. The fourth-order valence-electron chi connectivity index (χ4n) is 2.85. The predicted molar refractivity (Wildman–Crippen MR) is 95.1 cm³/mol. The van der Waals surface area contributed by atoms with E-state index in [4.69, 9.17) is 10.00 Å². The number of hydrogen-bond donors (Lipinski definition) is 0. The first-order valence-electron chi connectivity index (χ1n) is 7.94. The highest BCUT2D eigenvalue weighted by molar-refractivity contribution is 7.89. The topological polar surface area (TPSA) is 73.6 Å². The van der Waals surface area contributed by atoms with Crippen molar-refractivity contribution in [3.8, 4) is 11.8 Å². The maximum atomic E-state index is 12.8. The third kappa shape index (κ3) is 3.60. The number of sulfonamides is 1. The van der Waals surface area contributed by atoms with Gasteiger partial charge in [-0.25, -0.2) is 8.42 Å². The van der Waals surface area contributed by atoms with E-state index in [1.807, 2.05) is 30.3 Å². The van der Waals surface area contributed by atoms with Gasteiger partial charge >= 0.3 is 0 Å². The average Bonchev–Trinajstić information content (AvgIpc) is 2.68. The summed E-state index contributed by atoms with van der Waals surface area (Å²) in [7, 11) is -1.95. The molecule has 0 aliphatic carbocycles. The molecule has 1 saturated heterocycles. The van der Waals surface area contributed by atoms with Gasteiger partial charge < -0.3 is 9.64 Å². The number of anilines is 1. The molecule has 0 saturated carbocycles. The number of ether oxygens (including phenoxy) is 1. The normalized spacial score (nSPS) is 15.6. The van der Waals surface area contributed by atoms with Gasteiger partial charge in [0.25, 0.3) is 0 Å². The standard InChI is InChI=1S/C18H19N3O3S/c1-24-17-7-5-16(6-8-17)20-9-11-21(12-10-20)25(22,23)18-4-2-3-15(13-18)14-19/h2-8,13H,9-12H2,1H3. The van der Waals surface area contributed by atoms with Crippen molar-refractivity contribution < 1.29 is 13.2 Å². The molecule has 6 nitrogen and oxygen atoms in total. The lowest BCUT2D eigenvalue weighted by atomic mass is 10.2. The number of nitrogens with zero attached hydrogens (tertiary/aromatic N) is 3. The van der Waals surface area contributed by atoms with Crippen LogP contribution in [0.1, 0.15) is 5.56 Å². The van der Waals surface area contributed by atoms with Crippen molar-refractivity contribution in [3.05, 3.63) is 54.1 Å². The fourth-order valence-corrected chi connectivity index (χ4v) is 4.32. The van der Waals surface area contributed by atoms with Crippen LogP contribution in [0.5, 0.6) is 5.75 Å². The van der Waals surface area contributed by atoms with Crippen LogP contribution in [0.25, 0.3) is 0 Å². The third-order valence-electron chi connectivity index (χ3n) is 4.28. The van der Waals surface area contributed by atoms with Crippen LogP contribution >= 0.6 is 0 Å². The smallest absolute Gasteiger partial charge is 0.243 e. The first kappa shape index (κ1) is 17.3. The van der Waals surface area contributed by atoms with E-state index < -0.39 is 10.0 Å². The predicted octanol–water partition coefficient (Wildman–Crippen LogP) is 2.08. The summed E-state index contributed by atoms with van der Waals surface area (Å²) in [4.78, 5) is 2.32. The molecule has 0 bridgehead atoms. The Labute approximate surface area is 147 Å². The third-order valence-corrected chi connectivity index (χ3v) is 6.17. The Bertz CT molecular complexity index is 881. The zero-order chi connectivity index (χ0) is 17.9. The lowest BCUT2D eigenvalue weighted by Crippen LogP contribution is -2.48. The Hall–Kier alpha value is -2.56. The Balaban J connectivity index is 1.71. The van der Waals surface area contributed by atoms with Gasteiger partial charge in [-0.1, -0.05) is 6.07 Å². The van der Waals surface area contributed by atoms with Gasteiger partial charge in [0.2, 0.25) is 10.0 Å². The molecule has 130 valence electrons. The summed E-state index contributed by atoms with van der Waals surface area (Å²) in [5, 5.41) is 8.96. The molecule has 0 unspecified atom stereocenters. The summed E-state index contributed by atoms with van der Waals surface area (Å²) in [6.07, 6.45) is 0. The molecule has 7 heteroatoms. The number of rotatable bonds is 4. The van der Waals surface area contributed by atoms with Crippen molar-refractivity contribution in [1.82, 2.24) is 4.31 Å². The van der Waals surface area contributed by atoms with Crippen LogP contribution < -0.4 is 9.64 Å².